The molecule has 0 unspecified atom stereocenters. The lowest BCUT2D eigenvalue weighted by Gasteiger charge is -2.39. The van der Waals surface area contributed by atoms with Gasteiger partial charge in [-0.05, 0) is 60.9 Å². The van der Waals surface area contributed by atoms with Crippen molar-refractivity contribution in [1.29, 1.82) is 0 Å². The van der Waals surface area contributed by atoms with Gasteiger partial charge in [-0.3, -0.25) is 9.78 Å². The second kappa shape index (κ2) is 7.98. The van der Waals surface area contributed by atoms with Gasteiger partial charge >= 0.3 is 6.03 Å². The molecule has 3 amide bonds. The van der Waals surface area contributed by atoms with Gasteiger partial charge in [-0.25, -0.2) is 4.79 Å². The number of hydrogen-bond donors (Lipinski definition) is 1. The van der Waals surface area contributed by atoms with Gasteiger partial charge in [0, 0.05) is 55.6 Å². The van der Waals surface area contributed by atoms with Crippen LogP contribution >= 0.6 is 0 Å². The molecular formula is C25H30N4O2. The first-order valence-corrected chi connectivity index (χ1v) is 11.4. The zero-order valence-corrected chi connectivity index (χ0v) is 18.1. The summed E-state index contributed by atoms with van der Waals surface area (Å²) in [6.45, 7) is 5.25. The molecule has 162 valence electrons. The standard InChI is InChI=1S/C25H30N4O2/c1-25(10-11-25)23(30)28-13-8-19(9-14-28)18-4-6-22(7-5-18)27-24(31)29-16-21(17-29)20-3-2-12-26-15-20/h2-7,12,15,19,21H,8-11,13-14,16-17H2,1H3,(H,27,31). The number of carbonyl (C=O) groups excluding carboxylic acids is 2. The van der Waals surface area contributed by atoms with Crippen LogP contribution in [0.1, 0.15) is 55.6 Å². The smallest absolute Gasteiger partial charge is 0.321 e. The van der Waals surface area contributed by atoms with Gasteiger partial charge in [0.15, 0.2) is 0 Å². The maximum atomic E-state index is 12.5. The van der Waals surface area contributed by atoms with Crippen molar-refractivity contribution in [3.8, 4) is 0 Å². The van der Waals surface area contributed by atoms with E-state index < -0.39 is 0 Å². The molecule has 3 fully saturated rings. The summed E-state index contributed by atoms with van der Waals surface area (Å²) < 4.78 is 0. The van der Waals surface area contributed by atoms with Crippen LogP contribution in [0, 0.1) is 5.41 Å². The van der Waals surface area contributed by atoms with Gasteiger partial charge in [-0.1, -0.05) is 25.1 Å². The lowest BCUT2D eigenvalue weighted by Crippen LogP contribution is -2.50. The first-order chi connectivity index (χ1) is 15.0. The van der Waals surface area contributed by atoms with E-state index in [0.717, 1.165) is 57.5 Å². The zero-order chi connectivity index (χ0) is 21.4. The number of piperidine rings is 1. The molecule has 0 spiro atoms. The highest BCUT2D eigenvalue weighted by Crippen LogP contribution is 2.47. The van der Waals surface area contributed by atoms with Crippen molar-refractivity contribution in [3.05, 3.63) is 59.9 Å². The van der Waals surface area contributed by atoms with E-state index in [1.807, 2.05) is 29.3 Å². The highest BCUT2D eigenvalue weighted by molar-refractivity contribution is 5.90. The van der Waals surface area contributed by atoms with Crippen molar-refractivity contribution in [2.75, 3.05) is 31.5 Å². The van der Waals surface area contributed by atoms with Crippen molar-refractivity contribution in [1.82, 2.24) is 14.8 Å². The number of pyridine rings is 1. The Hall–Kier alpha value is -2.89. The van der Waals surface area contributed by atoms with Gasteiger partial charge in [-0.2, -0.15) is 0 Å². The first-order valence-electron chi connectivity index (χ1n) is 11.4. The molecule has 1 aromatic heterocycles. The van der Waals surface area contributed by atoms with Crippen LogP contribution in [0.5, 0.6) is 0 Å². The molecule has 2 aromatic rings. The van der Waals surface area contributed by atoms with Gasteiger partial charge in [0.25, 0.3) is 0 Å². The maximum absolute atomic E-state index is 12.5. The predicted octanol–water partition coefficient (Wildman–Crippen LogP) is 4.22. The Morgan fingerprint density at radius 2 is 1.68 bits per heavy atom. The molecule has 31 heavy (non-hydrogen) atoms. The molecule has 0 bridgehead atoms. The number of benzene rings is 1. The van der Waals surface area contributed by atoms with Crippen molar-refractivity contribution in [2.24, 2.45) is 5.41 Å². The number of hydrogen-bond acceptors (Lipinski definition) is 3. The van der Waals surface area contributed by atoms with Gasteiger partial charge < -0.3 is 15.1 Å². The van der Waals surface area contributed by atoms with E-state index in [2.05, 4.69) is 40.3 Å². The third kappa shape index (κ3) is 4.16. The van der Waals surface area contributed by atoms with Crippen LogP contribution in [0.3, 0.4) is 0 Å². The second-order valence-electron chi connectivity index (χ2n) is 9.57. The number of carbonyl (C=O) groups is 2. The molecule has 0 atom stereocenters. The summed E-state index contributed by atoms with van der Waals surface area (Å²) in [4.78, 5) is 33.1. The third-order valence-electron chi connectivity index (χ3n) is 7.26. The van der Waals surface area contributed by atoms with Crippen LogP contribution < -0.4 is 5.32 Å². The molecule has 3 aliphatic rings. The van der Waals surface area contributed by atoms with Crippen LogP contribution in [-0.2, 0) is 4.79 Å². The quantitative estimate of drug-likeness (QED) is 0.809. The van der Waals surface area contributed by atoms with E-state index in [9.17, 15) is 9.59 Å². The van der Waals surface area contributed by atoms with Gasteiger partial charge in [0.1, 0.15) is 0 Å². The molecule has 1 N–H and O–H groups in total. The van der Waals surface area contributed by atoms with E-state index in [4.69, 9.17) is 0 Å². The molecule has 2 saturated heterocycles. The fraction of sp³-hybridized carbons (Fsp3) is 0.480. The molecule has 1 saturated carbocycles. The number of amides is 3. The fourth-order valence-corrected chi connectivity index (χ4v) is 4.71. The van der Waals surface area contributed by atoms with Gasteiger partial charge in [0.05, 0.1) is 0 Å². The average molecular weight is 419 g/mol. The maximum Gasteiger partial charge on any atom is 0.321 e. The molecule has 3 heterocycles. The number of nitrogens with one attached hydrogen (secondary N) is 1. The monoisotopic (exact) mass is 418 g/mol. The minimum atomic E-state index is -0.0683. The second-order valence-corrected chi connectivity index (χ2v) is 9.57. The SMILES string of the molecule is CC1(C(=O)N2CCC(c3ccc(NC(=O)N4CC(c5cccnc5)C4)cc3)CC2)CC1. The lowest BCUT2D eigenvalue weighted by atomic mass is 9.88. The summed E-state index contributed by atoms with van der Waals surface area (Å²) in [5.41, 5.74) is 3.24. The van der Waals surface area contributed by atoms with Crippen molar-refractivity contribution in [2.45, 2.75) is 44.4 Å². The van der Waals surface area contributed by atoms with Crippen LogP contribution in [0.2, 0.25) is 0 Å². The van der Waals surface area contributed by atoms with Gasteiger partial charge in [-0.15, -0.1) is 0 Å². The molecule has 0 radical (unpaired) electrons. The molecule has 1 aliphatic carbocycles. The van der Waals surface area contributed by atoms with Gasteiger partial charge in [0.2, 0.25) is 5.91 Å². The first kappa shape index (κ1) is 20.0. The van der Waals surface area contributed by atoms with E-state index >= 15 is 0 Å². The van der Waals surface area contributed by atoms with E-state index in [0.29, 0.717) is 17.7 Å². The summed E-state index contributed by atoms with van der Waals surface area (Å²) in [5.74, 6) is 1.21. The number of urea groups is 1. The van der Waals surface area contributed by atoms with Crippen LogP contribution in [-0.4, -0.2) is 52.9 Å². The van der Waals surface area contributed by atoms with Crippen LogP contribution in [0.15, 0.2) is 48.8 Å². The average Bonchev–Trinajstić information content (AvgIpc) is 3.52. The molecular weight excluding hydrogens is 388 g/mol. The Morgan fingerprint density at radius 1 is 0.968 bits per heavy atom. The minimum Gasteiger partial charge on any atom is -0.342 e. The van der Waals surface area contributed by atoms with E-state index in [1.54, 1.807) is 6.20 Å². The summed E-state index contributed by atoms with van der Waals surface area (Å²) >= 11 is 0. The normalized spacial score (nSPS) is 20.8. The largest absolute Gasteiger partial charge is 0.342 e. The van der Waals surface area contributed by atoms with E-state index in [-0.39, 0.29) is 11.4 Å². The molecule has 6 heteroatoms. The molecule has 6 nitrogen and oxygen atoms in total. The molecule has 5 rings (SSSR count). The number of rotatable bonds is 4. The Morgan fingerprint density at radius 3 is 2.29 bits per heavy atom. The number of aromatic nitrogens is 1. The Balaban J connectivity index is 1.10. The highest BCUT2D eigenvalue weighted by Gasteiger charge is 2.47. The Kier molecular flexibility index (Phi) is 5.16. The summed E-state index contributed by atoms with van der Waals surface area (Å²) in [6.07, 6.45) is 7.76. The number of nitrogens with zero attached hydrogens (tertiary/aromatic N) is 3. The lowest BCUT2D eigenvalue weighted by molar-refractivity contribution is -0.137. The highest BCUT2D eigenvalue weighted by atomic mass is 16.2. The minimum absolute atomic E-state index is 0.0479. The van der Waals surface area contributed by atoms with Crippen molar-refractivity contribution in [3.63, 3.8) is 0 Å². The summed E-state index contributed by atoms with van der Waals surface area (Å²) in [6, 6.07) is 12.2. The zero-order valence-electron chi connectivity index (χ0n) is 18.1. The van der Waals surface area contributed by atoms with Crippen molar-refractivity contribution < 1.29 is 9.59 Å². The predicted molar refractivity (Wildman–Crippen MR) is 120 cm³/mol. The van der Waals surface area contributed by atoms with Crippen molar-refractivity contribution >= 4 is 17.6 Å². The Bertz CT molecular complexity index is 941. The summed E-state index contributed by atoms with van der Waals surface area (Å²) in [5, 5.41) is 3.01. The Labute approximate surface area is 183 Å². The van der Waals surface area contributed by atoms with Crippen LogP contribution in [0.25, 0.3) is 0 Å². The number of anilines is 1. The van der Waals surface area contributed by atoms with Crippen LogP contribution in [0.4, 0.5) is 10.5 Å². The van der Waals surface area contributed by atoms with E-state index in [1.165, 1.54) is 11.1 Å². The topological polar surface area (TPSA) is 65.5 Å². The molecule has 1 aromatic carbocycles. The fourth-order valence-electron chi connectivity index (χ4n) is 4.71. The third-order valence-corrected chi connectivity index (χ3v) is 7.26. The number of likely N-dealkylation sites (tertiary alicyclic amines) is 2. The molecule has 2 aliphatic heterocycles. The summed E-state index contributed by atoms with van der Waals surface area (Å²) in [7, 11) is 0.